The van der Waals surface area contributed by atoms with E-state index in [0.717, 1.165) is 12.1 Å². The molecule has 1 aromatic carbocycles. The van der Waals surface area contributed by atoms with Crippen molar-refractivity contribution in [3.8, 4) is 0 Å². The maximum atomic E-state index is 12.8. The van der Waals surface area contributed by atoms with Crippen LogP contribution in [-0.2, 0) is 6.54 Å². The average molecular weight is 228 g/mol. The van der Waals surface area contributed by atoms with Crippen LogP contribution in [0, 0.1) is 5.82 Å². The quantitative estimate of drug-likeness (QED) is 0.613. The fraction of sp³-hybridized carbons (Fsp3) is 0.333. The molecule has 0 radical (unpaired) electrons. The van der Waals surface area contributed by atoms with Gasteiger partial charge in [-0.1, -0.05) is 29.3 Å². The summed E-state index contributed by atoms with van der Waals surface area (Å²) in [5, 5.41) is 3.40. The third-order valence-corrected chi connectivity index (χ3v) is 2.26. The summed E-state index contributed by atoms with van der Waals surface area (Å²) in [5.74, 6) is -0.371. The maximum Gasteiger partial charge on any atom is 0.141 e. The molecule has 0 aliphatic carbocycles. The van der Waals surface area contributed by atoms with E-state index in [4.69, 9.17) is 11.6 Å². The van der Waals surface area contributed by atoms with Crippen LogP contribution >= 0.6 is 11.6 Å². The van der Waals surface area contributed by atoms with Gasteiger partial charge in [0.1, 0.15) is 5.82 Å². The SMILES string of the molecule is CC(C)=CCNCc1ccc(F)c(Cl)c1. The molecule has 0 heterocycles. The summed E-state index contributed by atoms with van der Waals surface area (Å²) >= 11 is 5.66. The lowest BCUT2D eigenvalue weighted by Crippen LogP contribution is -2.13. The van der Waals surface area contributed by atoms with Crippen molar-refractivity contribution in [1.82, 2.24) is 5.32 Å². The molecule has 1 nitrogen and oxygen atoms in total. The van der Waals surface area contributed by atoms with Gasteiger partial charge in [-0.2, -0.15) is 0 Å². The zero-order valence-corrected chi connectivity index (χ0v) is 9.74. The highest BCUT2D eigenvalue weighted by Gasteiger charge is 1.99. The summed E-state index contributed by atoms with van der Waals surface area (Å²) in [6, 6.07) is 4.77. The standard InChI is InChI=1S/C12H15ClFN/c1-9(2)5-6-15-8-10-3-4-12(14)11(13)7-10/h3-5,7,15H,6,8H2,1-2H3. The number of halogens is 2. The smallest absolute Gasteiger partial charge is 0.141 e. The van der Waals surface area contributed by atoms with Gasteiger partial charge >= 0.3 is 0 Å². The number of allylic oxidation sites excluding steroid dienone is 1. The number of hydrogen-bond acceptors (Lipinski definition) is 1. The molecule has 15 heavy (non-hydrogen) atoms. The lowest BCUT2D eigenvalue weighted by atomic mass is 10.2. The minimum Gasteiger partial charge on any atom is -0.309 e. The molecule has 0 aliphatic heterocycles. The minimum atomic E-state index is -0.371. The molecule has 0 fully saturated rings. The van der Waals surface area contributed by atoms with E-state index in [1.807, 2.05) is 0 Å². The summed E-state index contributed by atoms with van der Waals surface area (Å²) in [4.78, 5) is 0. The Kier molecular flexibility index (Phi) is 4.79. The van der Waals surface area contributed by atoms with Gasteiger partial charge in [-0.15, -0.1) is 0 Å². The van der Waals surface area contributed by atoms with Gasteiger partial charge in [0.05, 0.1) is 5.02 Å². The highest BCUT2D eigenvalue weighted by molar-refractivity contribution is 6.30. The summed E-state index contributed by atoms with van der Waals surface area (Å²) in [5.41, 5.74) is 2.27. The van der Waals surface area contributed by atoms with Crippen molar-refractivity contribution in [2.45, 2.75) is 20.4 Å². The van der Waals surface area contributed by atoms with E-state index in [1.165, 1.54) is 11.6 Å². The summed E-state index contributed by atoms with van der Waals surface area (Å²) < 4.78 is 12.8. The normalized spacial score (nSPS) is 10.1. The van der Waals surface area contributed by atoms with Crippen LogP contribution in [0.25, 0.3) is 0 Å². The predicted octanol–water partition coefficient (Wildman–Crippen LogP) is 3.53. The second-order valence-electron chi connectivity index (χ2n) is 3.66. The third-order valence-electron chi connectivity index (χ3n) is 1.97. The molecule has 0 saturated heterocycles. The molecule has 1 N–H and O–H groups in total. The van der Waals surface area contributed by atoms with Crippen molar-refractivity contribution < 1.29 is 4.39 Å². The molecule has 0 amide bonds. The van der Waals surface area contributed by atoms with Crippen LogP contribution in [0.4, 0.5) is 4.39 Å². The number of rotatable bonds is 4. The highest BCUT2D eigenvalue weighted by atomic mass is 35.5. The molecule has 3 heteroatoms. The Labute approximate surface area is 95.0 Å². The average Bonchev–Trinajstić information content (AvgIpc) is 2.18. The largest absolute Gasteiger partial charge is 0.309 e. The molecule has 0 aromatic heterocycles. The predicted molar refractivity (Wildman–Crippen MR) is 62.5 cm³/mol. The van der Waals surface area contributed by atoms with Crippen LogP contribution in [-0.4, -0.2) is 6.54 Å². The lowest BCUT2D eigenvalue weighted by molar-refractivity contribution is 0.626. The fourth-order valence-electron chi connectivity index (χ4n) is 1.14. The molecule has 1 aromatic rings. The van der Waals surface area contributed by atoms with Crippen LogP contribution < -0.4 is 5.32 Å². The van der Waals surface area contributed by atoms with E-state index in [2.05, 4.69) is 25.2 Å². The Morgan fingerprint density at radius 3 is 2.80 bits per heavy atom. The van der Waals surface area contributed by atoms with Gasteiger partial charge in [0, 0.05) is 13.1 Å². The molecule has 0 atom stereocenters. The van der Waals surface area contributed by atoms with E-state index in [9.17, 15) is 4.39 Å². The first-order valence-corrected chi connectivity index (χ1v) is 5.25. The topological polar surface area (TPSA) is 12.0 Å². The first-order chi connectivity index (χ1) is 7.09. The lowest BCUT2D eigenvalue weighted by Gasteiger charge is -2.03. The molecule has 0 bridgehead atoms. The van der Waals surface area contributed by atoms with Crippen LogP contribution in [0.1, 0.15) is 19.4 Å². The Bertz CT molecular complexity index is 357. The Morgan fingerprint density at radius 2 is 2.20 bits per heavy atom. The van der Waals surface area contributed by atoms with Gasteiger partial charge in [0.2, 0.25) is 0 Å². The summed E-state index contributed by atoms with van der Waals surface area (Å²) in [7, 11) is 0. The van der Waals surface area contributed by atoms with E-state index in [-0.39, 0.29) is 10.8 Å². The van der Waals surface area contributed by atoms with Crippen molar-refractivity contribution in [3.05, 3.63) is 46.3 Å². The van der Waals surface area contributed by atoms with Gasteiger partial charge in [0.15, 0.2) is 0 Å². The van der Waals surface area contributed by atoms with Crippen molar-refractivity contribution in [1.29, 1.82) is 0 Å². The van der Waals surface area contributed by atoms with E-state index in [0.29, 0.717) is 6.54 Å². The fourth-order valence-corrected chi connectivity index (χ4v) is 1.35. The zero-order chi connectivity index (χ0) is 11.3. The first-order valence-electron chi connectivity index (χ1n) is 4.87. The third kappa shape index (κ3) is 4.45. The minimum absolute atomic E-state index is 0.177. The molecular formula is C12H15ClFN. The maximum absolute atomic E-state index is 12.8. The van der Waals surface area contributed by atoms with Gasteiger partial charge < -0.3 is 5.32 Å². The molecule has 82 valence electrons. The molecule has 0 aliphatic rings. The van der Waals surface area contributed by atoms with Gasteiger partial charge in [-0.05, 0) is 31.5 Å². The van der Waals surface area contributed by atoms with Crippen molar-refractivity contribution in [2.24, 2.45) is 0 Å². The van der Waals surface area contributed by atoms with Crippen molar-refractivity contribution in [2.75, 3.05) is 6.54 Å². The summed E-state index contributed by atoms with van der Waals surface area (Å²) in [6.07, 6.45) is 2.10. The highest BCUT2D eigenvalue weighted by Crippen LogP contribution is 2.15. The van der Waals surface area contributed by atoms with Gasteiger partial charge in [-0.3, -0.25) is 0 Å². The molecule has 0 spiro atoms. The number of nitrogens with one attached hydrogen (secondary N) is 1. The summed E-state index contributed by atoms with van der Waals surface area (Å²) in [6.45, 7) is 5.62. The van der Waals surface area contributed by atoms with Crippen molar-refractivity contribution >= 4 is 11.6 Å². The second kappa shape index (κ2) is 5.89. The van der Waals surface area contributed by atoms with Crippen molar-refractivity contribution in [3.63, 3.8) is 0 Å². The van der Waals surface area contributed by atoms with Crippen LogP contribution in [0.3, 0.4) is 0 Å². The van der Waals surface area contributed by atoms with E-state index >= 15 is 0 Å². The van der Waals surface area contributed by atoms with Crippen LogP contribution in [0.2, 0.25) is 5.02 Å². The molecule has 1 rings (SSSR count). The monoisotopic (exact) mass is 227 g/mol. The van der Waals surface area contributed by atoms with E-state index < -0.39 is 0 Å². The Morgan fingerprint density at radius 1 is 1.47 bits per heavy atom. The number of benzene rings is 1. The molecule has 0 saturated carbocycles. The zero-order valence-electron chi connectivity index (χ0n) is 8.98. The van der Waals surface area contributed by atoms with Gasteiger partial charge in [-0.25, -0.2) is 4.39 Å². The Hall–Kier alpha value is -0.860. The van der Waals surface area contributed by atoms with Gasteiger partial charge in [0.25, 0.3) is 0 Å². The van der Waals surface area contributed by atoms with Crippen LogP contribution in [0.5, 0.6) is 0 Å². The number of hydrogen-bond donors (Lipinski definition) is 1. The second-order valence-corrected chi connectivity index (χ2v) is 4.07. The first kappa shape index (κ1) is 12.2. The van der Waals surface area contributed by atoms with E-state index in [1.54, 1.807) is 12.1 Å². The molecular weight excluding hydrogens is 213 g/mol. The molecule has 0 unspecified atom stereocenters. The van der Waals surface area contributed by atoms with Crippen LogP contribution in [0.15, 0.2) is 29.8 Å². The Balaban J connectivity index is 2.44.